The largest absolute Gasteiger partial charge is 0.466 e. The number of benzene rings is 2. The van der Waals surface area contributed by atoms with Crippen LogP contribution in [0.5, 0.6) is 0 Å². The molecule has 3 rings (SSSR count). The number of morpholine rings is 1. The number of esters is 1. The molecule has 0 aliphatic carbocycles. The van der Waals surface area contributed by atoms with E-state index in [4.69, 9.17) is 32.7 Å². The van der Waals surface area contributed by atoms with Crippen molar-refractivity contribution in [2.45, 2.75) is 31.9 Å². The van der Waals surface area contributed by atoms with Crippen LogP contribution in [0.4, 0.5) is 0 Å². The molecule has 2 atom stereocenters. The summed E-state index contributed by atoms with van der Waals surface area (Å²) in [6.07, 6.45) is 0.185. The summed E-state index contributed by atoms with van der Waals surface area (Å²) in [6.45, 7) is 2.09. The fourth-order valence-electron chi connectivity index (χ4n) is 3.69. The van der Waals surface area contributed by atoms with E-state index in [1.165, 1.54) is 4.90 Å². The van der Waals surface area contributed by atoms with Gasteiger partial charge in [-0.3, -0.25) is 14.4 Å². The molecule has 1 aliphatic rings. The number of amides is 2. The van der Waals surface area contributed by atoms with Crippen molar-refractivity contribution < 1.29 is 23.9 Å². The van der Waals surface area contributed by atoms with Crippen LogP contribution in [0, 0.1) is 0 Å². The van der Waals surface area contributed by atoms with Crippen molar-refractivity contribution in [2.75, 3.05) is 26.3 Å². The number of ether oxygens (including phenoxy) is 2. The predicted octanol–water partition coefficient (Wildman–Crippen LogP) is 4.09. The molecule has 0 spiro atoms. The van der Waals surface area contributed by atoms with Gasteiger partial charge in [0, 0.05) is 23.0 Å². The Bertz CT molecular complexity index is 966. The van der Waals surface area contributed by atoms with Crippen LogP contribution in [0.1, 0.15) is 43.0 Å². The van der Waals surface area contributed by atoms with Crippen LogP contribution in [-0.4, -0.2) is 49.0 Å². The van der Waals surface area contributed by atoms with Gasteiger partial charge in [0.1, 0.15) is 19.3 Å². The number of hydrogen-bond acceptors (Lipinski definition) is 5. The Balaban J connectivity index is 1.76. The van der Waals surface area contributed by atoms with E-state index >= 15 is 0 Å². The van der Waals surface area contributed by atoms with E-state index < -0.39 is 12.1 Å². The highest BCUT2D eigenvalue weighted by molar-refractivity contribution is 6.30. The molecule has 0 aromatic heterocycles. The first-order valence-corrected chi connectivity index (χ1v) is 11.5. The van der Waals surface area contributed by atoms with Crippen molar-refractivity contribution in [1.82, 2.24) is 10.2 Å². The topological polar surface area (TPSA) is 84.9 Å². The molecular formula is C24H26Cl2N2O5. The molecule has 2 amide bonds. The van der Waals surface area contributed by atoms with Gasteiger partial charge in [-0.2, -0.15) is 0 Å². The maximum atomic E-state index is 12.8. The molecule has 7 nitrogen and oxygen atoms in total. The second-order valence-electron chi connectivity index (χ2n) is 7.56. The summed E-state index contributed by atoms with van der Waals surface area (Å²) in [5.41, 5.74) is 1.63. The third-order valence-electron chi connectivity index (χ3n) is 5.24. The smallest absolute Gasteiger partial charge is 0.305 e. The molecule has 0 saturated carbocycles. The molecule has 0 radical (unpaired) electrons. The van der Waals surface area contributed by atoms with Crippen LogP contribution in [-0.2, 0) is 23.9 Å². The molecule has 9 heteroatoms. The Kier molecular flexibility index (Phi) is 9.11. The van der Waals surface area contributed by atoms with Gasteiger partial charge >= 0.3 is 5.97 Å². The van der Waals surface area contributed by atoms with Crippen molar-refractivity contribution in [3.8, 4) is 0 Å². The number of rotatable bonds is 9. The lowest BCUT2D eigenvalue weighted by Gasteiger charge is -2.41. The molecule has 1 N–H and O–H groups in total. The van der Waals surface area contributed by atoms with E-state index in [-0.39, 0.29) is 37.4 Å². The van der Waals surface area contributed by atoms with Gasteiger partial charge in [-0.05, 0) is 48.7 Å². The lowest BCUT2D eigenvalue weighted by molar-refractivity contribution is -0.160. The van der Waals surface area contributed by atoms with Gasteiger partial charge in [0.2, 0.25) is 11.8 Å². The predicted molar refractivity (Wildman–Crippen MR) is 125 cm³/mol. The van der Waals surface area contributed by atoms with E-state index in [1.54, 1.807) is 31.2 Å². The summed E-state index contributed by atoms with van der Waals surface area (Å²) in [5.74, 6) is -0.909. The third kappa shape index (κ3) is 6.93. The first-order valence-electron chi connectivity index (χ1n) is 10.7. The van der Waals surface area contributed by atoms with E-state index in [0.29, 0.717) is 29.6 Å². The molecule has 2 aromatic rings. The zero-order valence-corrected chi connectivity index (χ0v) is 19.8. The Morgan fingerprint density at radius 1 is 1.06 bits per heavy atom. The Morgan fingerprint density at radius 3 is 2.27 bits per heavy atom. The minimum Gasteiger partial charge on any atom is -0.466 e. The van der Waals surface area contributed by atoms with Gasteiger partial charge in [-0.1, -0.05) is 47.5 Å². The molecular weight excluding hydrogens is 467 g/mol. The highest BCUT2D eigenvalue weighted by Crippen LogP contribution is 2.40. The van der Waals surface area contributed by atoms with Gasteiger partial charge < -0.3 is 19.7 Å². The molecule has 176 valence electrons. The SMILES string of the molecule is CCOC(=O)CCCNC(=O)CN1C(=O)COC(c2ccc(Cl)cc2)C1c1ccc(Cl)cc1. The fourth-order valence-corrected chi connectivity index (χ4v) is 3.94. The van der Waals surface area contributed by atoms with Crippen LogP contribution in [0.2, 0.25) is 10.0 Å². The van der Waals surface area contributed by atoms with Crippen molar-refractivity contribution in [2.24, 2.45) is 0 Å². The highest BCUT2D eigenvalue weighted by Gasteiger charge is 2.39. The first kappa shape index (κ1) is 25.0. The zero-order chi connectivity index (χ0) is 23.8. The minimum absolute atomic E-state index is 0.140. The van der Waals surface area contributed by atoms with Crippen LogP contribution in [0.3, 0.4) is 0 Å². The maximum absolute atomic E-state index is 12.8. The second-order valence-corrected chi connectivity index (χ2v) is 8.43. The monoisotopic (exact) mass is 492 g/mol. The van der Waals surface area contributed by atoms with Gasteiger partial charge in [0.15, 0.2) is 0 Å². The normalized spacial score (nSPS) is 18.2. The fraction of sp³-hybridized carbons (Fsp3) is 0.375. The molecule has 2 aromatic carbocycles. The summed E-state index contributed by atoms with van der Waals surface area (Å²) in [6, 6.07) is 13.8. The molecule has 1 saturated heterocycles. The molecule has 1 heterocycles. The van der Waals surface area contributed by atoms with Gasteiger partial charge in [0.05, 0.1) is 12.6 Å². The molecule has 2 unspecified atom stereocenters. The molecule has 0 bridgehead atoms. The Labute approximate surface area is 202 Å². The summed E-state index contributed by atoms with van der Waals surface area (Å²) in [7, 11) is 0. The third-order valence-corrected chi connectivity index (χ3v) is 5.74. The van der Waals surface area contributed by atoms with E-state index in [0.717, 1.165) is 11.1 Å². The lowest BCUT2D eigenvalue weighted by Crippen LogP contribution is -2.49. The highest BCUT2D eigenvalue weighted by atomic mass is 35.5. The van der Waals surface area contributed by atoms with E-state index in [9.17, 15) is 14.4 Å². The first-order chi connectivity index (χ1) is 15.9. The van der Waals surface area contributed by atoms with Crippen LogP contribution >= 0.6 is 23.2 Å². The van der Waals surface area contributed by atoms with Gasteiger partial charge in [-0.15, -0.1) is 0 Å². The van der Waals surface area contributed by atoms with Crippen molar-refractivity contribution in [3.05, 3.63) is 69.7 Å². The number of carbonyl (C=O) groups excluding carboxylic acids is 3. The van der Waals surface area contributed by atoms with Gasteiger partial charge in [0.25, 0.3) is 0 Å². The molecule has 33 heavy (non-hydrogen) atoms. The molecule has 1 fully saturated rings. The summed E-state index contributed by atoms with van der Waals surface area (Å²) in [5, 5.41) is 3.93. The lowest BCUT2D eigenvalue weighted by atomic mass is 9.92. The quantitative estimate of drug-likeness (QED) is 0.420. The van der Waals surface area contributed by atoms with Crippen LogP contribution < -0.4 is 5.32 Å². The second kappa shape index (κ2) is 12.0. The minimum atomic E-state index is -0.532. The zero-order valence-electron chi connectivity index (χ0n) is 18.3. The Morgan fingerprint density at radius 2 is 1.67 bits per heavy atom. The van der Waals surface area contributed by atoms with Crippen molar-refractivity contribution in [3.63, 3.8) is 0 Å². The number of nitrogens with zero attached hydrogens (tertiary/aromatic N) is 1. The Hall–Kier alpha value is -2.61. The van der Waals surface area contributed by atoms with Crippen molar-refractivity contribution in [1.29, 1.82) is 0 Å². The van der Waals surface area contributed by atoms with Crippen LogP contribution in [0.25, 0.3) is 0 Å². The standard InChI is InChI=1S/C24H26Cl2N2O5/c1-2-32-22(31)4-3-13-27-20(29)14-28-21(30)15-33-24(17-7-11-19(26)12-8-17)23(28)16-5-9-18(25)10-6-16/h5-12,23-24H,2-4,13-15H2,1H3,(H,27,29). The maximum Gasteiger partial charge on any atom is 0.305 e. The number of carbonyl (C=O) groups is 3. The summed E-state index contributed by atoms with van der Waals surface area (Å²) < 4.78 is 10.8. The summed E-state index contributed by atoms with van der Waals surface area (Å²) in [4.78, 5) is 38.4. The van der Waals surface area contributed by atoms with Crippen molar-refractivity contribution >= 4 is 41.0 Å². The number of halogens is 2. The summed E-state index contributed by atoms with van der Waals surface area (Å²) >= 11 is 12.1. The van der Waals surface area contributed by atoms with Crippen LogP contribution in [0.15, 0.2) is 48.5 Å². The number of hydrogen-bond donors (Lipinski definition) is 1. The molecule has 1 aliphatic heterocycles. The van der Waals surface area contributed by atoms with E-state index in [2.05, 4.69) is 5.32 Å². The average Bonchev–Trinajstić information content (AvgIpc) is 2.79. The average molecular weight is 493 g/mol. The van der Waals surface area contributed by atoms with E-state index in [1.807, 2.05) is 24.3 Å². The van der Waals surface area contributed by atoms with Gasteiger partial charge in [-0.25, -0.2) is 0 Å². The number of nitrogens with one attached hydrogen (secondary N) is 1.